The smallest absolute Gasteiger partial charge is 0.180 e. The molecule has 0 aromatic rings. The number of ether oxygens (including phenoxy) is 1. The molecule has 4 nitrogen and oxygen atoms in total. The Kier molecular flexibility index (Phi) is 5.48. The van der Waals surface area contributed by atoms with Crippen molar-refractivity contribution in [3.8, 4) is 0 Å². The summed E-state index contributed by atoms with van der Waals surface area (Å²) in [5.74, 6) is 0.0659. The van der Waals surface area contributed by atoms with Crippen molar-refractivity contribution in [2.24, 2.45) is 5.92 Å². The number of rotatable bonds is 5. The van der Waals surface area contributed by atoms with Crippen molar-refractivity contribution in [3.05, 3.63) is 0 Å². The minimum atomic E-state index is -1.23. The van der Waals surface area contributed by atoms with Crippen molar-refractivity contribution < 1.29 is 20.1 Å². The van der Waals surface area contributed by atoms with Gasteiger partial charge >= 0.3 is 0 Å². The molecule has 0 aliphatic rings. The summed E-state index contributed by atoms with van der Waals surface area (Å²) in [6.45, 7) is 6.81. The Morgan fingerprint density at radius 1 is 0.923 bits per heavy atom. The average Bonchev–Trinajstić information content (AvgIpc) is 2.02. The van der Waals surface area contributed by atoms with Crippen LogP contribution in [0.2, 0.25) is 0 Å². The number of aliphatic hydroxyl groups is 3. The van der Waals surface area contributed by atoms with E-state index < -0.39 is 24.6 Å². The van der Waals surface area contributed by atoms with Crippen molar-refractivity contribution in [1.29, 1.82) is 0 Å². The molecule has 0 radical (unpaired) electrons. The van der Waals surface area contributed by atoms with Gasteiger partial charge in [0.2, 0.25) is 0 Å². The van der Waals surface area contributed by atoms with E-state index in [2.05, 4.69) is 0 Å². The molecule has 3 N–H and O–H groups in total. The van der Waals surface area contributed by atoms with E-state index in [-0.39, 0.29) is 5.92 Å². The van der Waals surface area contributed by atoms with Crippen molar-refractivity contribution >= 4 is 0 Å². The van der Waals surface area contributed by atoms with Crippen LogP contribution in [-0.4, -0.2) is 39.9 Å². The summed E-state index contributed by atoms with van der Waals surface area (Å²) < 4.78 is 4.99. The first-order valence-electron chi connectivity index (χ1n) is 4.56. The van der Waals surface area contributed by atoms with Gasteiger partial charge in [0, 0.05) is 0 Å². The molecule has 0 heterocycles. The molecule has 0 fully saturated rings. The maximum atomic E-state index is 9.51. The Bertz CT molecular complexity index is 136. The highest BCUT2D eigenvalue weighted by molar-refractivity contribution is 4.68. The fourth-order valence-corrected chi connectivity index (χ4v) is 0.956. The van der Waals surface area contributed by atoms with E-state index >= 15 is 0 Å². The van der Waals surface area contributed by atoms with Gasteiger partial charge in [-0.3, -0.25) is 0 Å². The van der Waals surface area contributed by atoms with Crippen LogP contribution in [0, 0.1) is 5.92 Å². The molecule has 80 valence electrons. The fraction of sp³-hybridized carbons (Fsp3) is 1.00. The highest BCUT2D eigenvalue weighted by Gasteiger charge is 2.23. The Hall–Kier alpha value is -0.160. The zero-order valence-corrected chi connectivity index (χ0v) is 8.64. The molecule has 0 aromatic carbocycles. The summed E-state index contributed by atoms with van der Waals surface area (Å²) >= 11 is 0. The highest BCUT2D eigenvalue weighted by Crippen LogP contribution is 2.11. The average molecular weight is 192 g/mol. The second kappa shape index (κ2) is 5.54. The van der Waals surface area contributed by atoms with Gasteiger partial charge in [0.1, 0.15) is 6.10 Å². The number of hydrogen-bond acceptors (Lipinski definition) is 4. The third-order valence-electron chi connectivity index (χ3n) is 1.93. The molecule has 0 saturated heterocycles. The molecule has 0 saturated carbocycles. The lowest BCUT2D eigenvalue weighted by Gasteiger charge is -2.26. The number of hydrogen-bond donors (Lipinski definition) is 3. The van der Waals surface area contributed by atoms with Crippen LogP contribution in [0.5, 0.6) is 0 Å². The van der Waals surface area contributed by atoms with Crippen molar-refractivity contribution in [3.63, 3.8) is 0 Å². The summed E-state index contributed by atoms with van der Waals surface area (Å²) in [6.07, 6.45) is -3.29. The minimum absolute atomic E-state index is 0.0659. The van der Waals surface area contributed by atoms with Gasteiger partial charge in [-0.15, -0.1) is 0 Å². The molecule has 13 heavy (non-hydrogen) atoms. The van der Waals surface area contributed by atoms with Crippen molar-refractivity contribution in [1.82, 2.24) is 0 Å². The standard InChI is InChI=1S/C9H20O4/c1-5(2)8(11)7(4)13-9(12)6(3)10/h5-12H,1-4H3/t6-,7?,8?,9?/m0/s1. The van der Waals surface area contributed by atoms with Gasteiger partial charge in [-0.1, -0.05) is 13.8 Å². The Morgan fingerprint density at radius 3 is 1.69 bits per heavy atom. The maximum Gasteiger partial charge on any atom is 0.180 e. The predicted octanol–water partition coefficient (Wildman–Crippen LogP) is 0.108. The monoisotopic (exact) mass is 192 g/mol. The molecular weight excluding hydrogens is 172 g/mol. The predicted molar refractivity (Wildman–Crippen MR) is 49.1 cm³/mol. The van der Waals surface area contributed by atoms with Crippen LogP contribution in [0.1, 0.15) is 27.7 Å². The van der Waals surface area contributed by atoms with Crippen LogP contribution in [0.3, 0.4) is 0 Å². The molecule has 4 atom stereocenters. The summed E-state index contributed by atoms with van der Waals surface area (Å²) in [5.41, 5.74) is 0. The first-order chi connectivity index (χ1) is 5.86. The second-order valence-corrected chi connectivity index (χ2v) is 3.71. The van der Waals surface area contributed by atoms with Crippen molar-refractivity contribution in [2.45, 2.75) is 52.3 Å². The van der Waals surface area contributed by atoms with Crippen LogP contribution >= 0.6 is 0 Å². The molecule has 0 amide bonds. The van der Waals surface area contributed by atoms with Gasteiger partial charge in [0.15, 0.2) is 6.29 Å². The Labute approximate surface area is 79.2 Å². The molecule has 0 bridgehead atoms. The summed E-state index contributed by atoms with van der Waals surface area (Å²) in [6, 6.07) is 0. The van der Waals surface area contributed by atoms with Gasteiger partial charge in [-0.2, -0.15) is 0 Å². The lowest BCUT2D eigenvalue weighted by atomic mass is 10.0. The SMILES string of the molecule is CC(C)C(O)C(C)OC(O)[C@H](C)O. The summed E-state index contributed by atoms with van der Waals surface area (Å²) in [7, 11) is 0. The van der Waals surface area contributed by atoms with Crippen LogP contribution in [-0.2, 0) is 4.74 Å². The quantitative estimate of drug-likeness (QED) is 0.541. The lowest BCUT2D eigenvalue weighted by molar-refractivity contribution is -0.202. The highest BCUT2D eigenvalue weighted by atomic mass is 16.6. The van der Waals surface area contributed by atoms with E-state index in [1.807, 2.05) is 13.8 Å². The van der Waals surface area contributed by atoms with E-state index in [4.69, 9.17) is 14.9 Å². The fourth-order valence-electron chi connectivity index (χ4n) is 0.956. The number of aliphatic hydroxyl groups excluding tert-OH is 3. The van der Waals surface area contributed by atoms with Gasteiger partial charge in [-0.05, 0) is 19.8 Å². The molecule has 4 heteroatoms. The van der Waals surface area contributed by atoms with E-state index in [1.165, 1.54) is 6.92 Å². The summed E-state index contributed by atoms with van der Waals surface area (Å²) in [4.78, 5) is 0. The molecule has 3 unspecified atom stereocenters. The molecule has 0 aliphatic carbocycles. The van der Waals surface area contributed by atoms with E-state index in [1.54, 1.807) is 6.92 Å². The minimum Gasteiger partial charge on any atom is -0.390 e. The van der Waals surface area contributed by atoms with Crippen molar-refractivity contribution in [2.75, 3.05) is 0 Å². The zero-order chi connectivity index (χ0) is 10.6. The first kappa shape index (κ1) is 12.8. The van der Waals surface area contributed by atoms with Gasteiger partial charge in [0.25, 0.3) is 0 Å². The Balaban J connectivity index is 3.92. The summed E-state index contributed by atoms with van der Waals surface area (Å²) in [5, 5.41) is 27.6. The van der Waals surface area contributed by atoms with Gasteiger partial charge in [-0.25, -0.2) is 0 Å². The molecule has 0 aliphatic heterocycles. The van der Waals surface area contributed by atoms with Crippen LogP contribution in [0.15, 0.2) is 0 Å². The zero-order valence-electron chi connectivity index (χ0n) is 8.64. The van der Waals surface area contributed by atoms with E-state index in [9.17, 15) is 5.11 Å². The third kappa shape index (κ3) is 4.57. The molecule has 0 spiro atoms. The van der Waals surface area contributed by atoms with Crippen LogP contribution in [0.25, 0.3) is 0 Å². The normalized spacial score (nSPS) is 21.2. The van der Waals surface area contributed by atoms with E-state index in [0.29, 0.717) is 0 Å². The maximum absolute atomic E-state index is 9.51. The van der Waals surface area contributed by atoms with Crippen LogP contribution in [0.4, 0.5) is 0 Å². The first-order valence-corrected chi connectivity index (χ1v) is 4.56. The van der Waals surface area contributed by atoms with Gasteiger partial charge < -0.3 is 20.1 Å². The van der Waals surface area contributed by atoms with Gasteiger partial charge in [0.05, 0.1) is 12.2 Å². The topological polar surface area (TPSA) is 69.9 Å². The molecule has 0 aromatic heterocycles. The van der Waals surface area contributed by atoms with E-state index in [0.717, 1.165) is 0 Å². The largest absolute Gasteiger partial charge is 0.390 e. The third-order valence-corrected chi connectivity index (χ3v) is 1.93. The lowest BCUT2D eigenvalue weighted by Crippen LogP contribution is -2.37. The Morgan fingerprint density at radius 2 is 1.38 bits per heavy atom. The van der Waals surface area contributed by atoms with Crippen LogP contribution < -0.4 is 0 Å². The molecular formula is C9H20O4. The second-order valence-electron chi connectivity index (χ2n) is 3.71. The molecule has 0 rings (SSSR count).